The molecule has 15 heavy (non-hydrogen) atoms. The minimum Gasteiger partial charge on any atom is -0.300 e. The molecule has 0 aliphatic heterocycles. The predicted molar refractivity (Wildman–Crippen MR) is 65.0 cm³/mol. The highest BCUT2D eigenvalue weighted by Crippen LogP contribution is 2.28. The predicted octanol–water partition coefficient (Wildman–Crippen LogP) is 3.43. The molecule has 0 spiro atoms. The van der Waals surface area contributed by atoms with E-state index in [1.165, 1.54) is 12.0 Å². The number of hydrogen-bond acceptors (Lipinski definition) is 2. The Labute approximate surface area is 95.3 Å². The Hall–Kier alpha value is -0.760. The van der Waals surface area contributed by atoms with Gasteiger partial charge in [-0.15, -0.1) is 0 Å². The molecule has 1 nitrogen and oxygen atoms in total. The molecule has 1 aliphatic rings. The Morgan fingerprint density at radius 3 is 2.80 bits per heavy atom. The summed E-state index contributed by atoms with van der Waals surface area (Å²) in [6.07, 6.45) is 3.90. The fourth-order valence-electron chi connectivity index (χ4n) is 1.92. The fraction of sp³-hybridized carbons (Fsp3) is 0.462. The Kier molecular flexibility index (Phi) is 3.84. The van der Waals surface area contributed by atoms with Crippen molar-refractivity contribution in [3.05, 3.63) is 35.9 Å². The average Bonchev–Trinajstić information content (AvgIpc) is 2.28. The molecule has 0 saturated heterocycles. The number of ketones is 1. The quantitative estimate of drug-likeness (QED) is 0.776. The van der Waals surface area contributed by atoms with Gasteiger partial charge in [-0.25, -0.2) is 0 Å². The molecule has 0 unspecified atom stereocenters. The first-order valence-electron chi connectivity index (χ1n) is 5.52. The van der Waals surface area contributed by atoms with E-state index in [0.717, 1.165) is 25.0 Å². The molecule has 1 aromatic carbocycles. The summed E-state index contributed by atoms with van der Waals surface area (Å²) in [7, 11) is 0. The lowest BCUT2D eigenvalue weighted by atomic mass is 9.99. The van der Waals surface area contributed by atoms with Crippen LogP contribution < -0.4 is 0 Å². The van der Waals surface area contributed by atoms with Crippen molar-refractivity contribution in [2.45, 2.75) is 36.7 Å². The van der Waals surface area contributed by atoms with Crippen LogP contribution >= 0.6 is 11.8 Å². The molecule has 2 rings (SSSR count). The van der Waals surface area contributed by atoms with E-state index in [1.54, 1.807) is 0 Å². The van der Waals surface area contributed by atoms with Crippen molar-refractivity contribution in [3.63, 3.8) is 0 Å². The minimum atomic E-state index is 0.451. The third-order valence-corrected chi connectivity index (χ3v) is 4.14. The van der Waals surface area contributed by atoms with Crippen LogP contribution in [-0.4, -0.2) is 11.0 Å². The van der Waals surface area contributed by atoms with E-state index in [0.29, 0.717) is 11.0 Å². The maximum Gasteiger partial charge on any atom is 0.134 e. The first-order valence-corrected chi connectivity index (χ1v) is 6.57. The number of thioether (sulfide) groups is 1. The van der Waals surface area contributed by atoms with Gasteiger partial charge in [0, 0.05) is 23.8 Å². The van der Waals surface area contributed by atoms with Crippen LogP contribution in [0.25, 0.3) is 0 Å². The second kappa shape index (κ2) is 5.36. The van der Waals surface area contributed by atoms with E-state index in [2.05, 4.69) is 24.3 Å². The number of rotatable bonds is 3. The molecular weight excluding hydrogens is 204 g/mol. The third kappa shape index (κ3) is 3.38. The zero-order valence-electron chi connectivity index (χ0n) is 8.82. The van der Waals surface area contributed by atoms with Crippen LogP contribution in [0.15, 0.2) is 30.3 Å². The lowest BCUT2D eigenvalue weighted by Crippen LogP contribution is -2.16. The van der Waals surface area contributed by atoms with Gasteiger partial charge in [-0.2, -0.15) is 11.8 Å². The Bertz CT molecular complexity index is 321. The second-order valence-corrected chi connectivity index (χ2v) is 5.34. The molecule has 80 valence electrons. The van der Waals surface area contributed by atoms with Crippen molar-refractivity contribution in [1.29, 1.82) is 0 Å². The highest BCUT2D eigenvalue weighted by molar-refractivity contribution is 7.99. The van der Waals surface area contributed by atoms with Crippen molar-refractivity contribution >= 4 is 17.5 Å². The SMILES string of the molecule is O=C1CCC[C@H](SCc2ccccc2)C1. The van der Waals surface area contributed by atoms with Crippen LogP contribution in [0.5, 0.6) is 0 Å². The summed E-state index contributed by atoms with van der Waals surface area (Å²) in [6, 6.07) is 10.5. The van der Waals surface area contributed by atoms with Crippen LogP contribution in [0.1, 0.15) is 31.2 Å². The largest absolute Gasteiger partial charge is 0.300 e. The number of carbonyl (C=O) groups is 1. The number of Topliss-reactive ketones (excluding diaryl/α,β-unsaturated/α-hetero) is 1. The molecule has 1 aromatic rings. The summed E-state index contributed by atoms with van der Waals surface area (Å²) in [5, 5.41) is 0.562. The molecule has 0 bridgehead atoms. The van der Waals surface area contributed by atoms with Crippen LogP contribution in [0.2, 0.25) is 0 Å². The monoisotopic (exact) mass is 220 g/mol. The molecule has 0 radical (unpaired) electrons. The van der Waals surface area contributed by atoms with Crippen LogP contribution in [0.4, 0.5) is 0 Å². The van der Waals surface area contributed by atoms with Gasteiger partial charge < -0.3 is 0 Å². The van der Waals surface area contributed by atoms with E-state index < -0.39 is 0 Å². The van der Waals surface area contributed by atoms with Crippen molar-refractivity contribution in [3.8, 4) is 0 Å². The zero-order valence-corrected chi connectivity index (χ0v) is 9.63. The number of benzene rings is 1. The first-order chi connectivity index (χ1) is 7.34. The summed E-state index contributed by atoms with van der Waals surface area (Å²) >= 11 is 1.93. The molecule has 0 heterocycles. The Morgan fingerprint density at radius 1 is 1.27 bits per heavy atom. The van der Waals surface area contributed by atoms with Crippen LogP contribution in [0, 0.1) is 0 Å². The number of hydrogen-bond donors (Lipinski definition) is 0. The van der Waals surface area contributed by atoms with E-state index >= 15 is 0 Å². The van der Waals surface area contributed by atoms with Crippen molar-refractivity contribution in [2.24, 2.45) is 0 Å². The standard InChI is InChI=1S/C13H16OS/c14-12-7-4-8-13(9-12)15-10-11-5-2-1-3-6-11/h1-3,5-6,13H,4,7-10H2/t13-/m0/s1. The lowest BCUT2D eigenvalue weighted by Gasteiger charge is -2.20. The van der Waals surface area contributed by atoms with Gasteiger partial charge in [-0.3, -0.25) is 4.79 Å². The van der Waals surface area contributed by atoms with Gasteiger partial charge in [-0.1, -0.05) is 30.3 Å². The van der Waals surface area contributed by atoms with Gasteiger partial charge in [0.15, 0.2) is 0 Å². The maximum atomic E-state index is 11.3. The smallest absolute Gasteiger partial charge is 0.134 e. The minimum absolute atomic E-state index is 0.451. The molecule has 1 saturated carbocycles. The molecule has 0 aromatic heterocycles. The van der Waals surface area contributed by atoms with Gasteiger partial charge in [0.05, 0.1) is 0 Å². The zero-order chi connectivity index (χ0) is 10.5. The summed E-state index contributed by atoms with van der Waals surface area (Å²) in [5.41, 5.74) is 1.36. The van der Waals surface area contributed by atoms with E-state index in [9.17, 15) is 4.79 Å². The van der Waals surface area contributed by atoms with Gasteiger partial charge in [0.25, 0.3) is 0 Å². The highest BCUT2D eigenvalue weighted by atomic mass is 32.2. The van der Waals surface area contributed by atoms with E-state index in [4.69, 9.17) is 0 Å². The van der Waals surface area contributed by atoms with Crippen LogP contribution in [0.3, 0.4) is 0 Å². The molecule has 0 N–H and O–H groups in total. The summed E-state index contributed by atoms with van der Waals surface area (Å²) in [6.45, 7) is 0. The van der Waals surface area contributed by atoms with E-state index in [1.807, 2.05) is 17.8 Å². The Morgan fingerprint density at radius 2 is 2.07 bits per heavy atom. The van der Waals surface area contributed by atoms with Crippen molar-refractivity contribution < 1.29 is 4.79 Å². The Balaban J connectivity index is 1.80. The molecule has 1 aliphatic carbocycles. The van der Waals surface area contributed by atoms with Crippen LogP contribution in [-0.2, 0) is 10.5 Å². The highest BCUT2D eigenvalue weighted by Gasteiger charge is 2.19. The molecular formula is C13H16OS. The number of carbonyl (C=O) groups excluding carboxylic acids is 1. The average molecular weight is 220 g/mol. The summed E-state index contributed by atoms with van der Waals surface area (Å²) in [4.78, 5) is 11.3. The summed E-state index contributed by atoms with van der Waals surface area (Å²) in [5.74, 6) is 1.49. The topological polar surface area (TPSA) is 17.1 Å². The van der Waals surface area contributed by atoms with Gasteiger partial charge >= 0.3 is 0 Å². The lowest BCUT2D eigenvalue weighted by molar-refractivity contribution is -0.120. The third-order valence-electron chi connectivity index (χ3n) is 2.77. The van der Waals surface area contributed by atoms with Gasteiger partial charge in [-0.05, 0) is 18.4 Å². The molecule has 2 heteroatoms. The fourth-order valence-corrected chi connectivity index (χ4v) is 3.17. The summed E-state index contributed by atoms with van der Waals surface area (Å²) < 4.78 is 0. The van der Waals surface area contributed by atoms with Gasteiger partial charge in [0.1, 0.15) is 5.78 Å². The molecule has 0 amide bonds. The normalized spacial score (nSPS) is 21.6. The van der Waals surface area contributed by atoms with Gasteiger partial charge in [0.2, 0.25) is 0 Å². The van der Waals surface area contributed by atoms with Crippen molar-refractivity contribution in [1.82, 2.24) is 0 Å². The van der Waals surface area contributed by atoms with E-state index in [-0.39, 0.29) is 0 Å². The first kappa shape index (κ1) is 10.7. The molecule has 1 atom stereocenters. The van der Waals surface area contributed by atoms with Crippen molar-refractivity contribution in [2.75, 3.05) is 0 Å². The maximum absolute atomic E-state index is 11.3. The molecule has 1 fully saturated rings. The second-order valence-electron chi connectivity index (χ2n) is 4.05.